The van der Waals surface area contributed by atoms with Crippen LogP contribution in [0.1, 0.15) is 23.3 Å². The van der Waals surface area contributed by atoms with Crippen molar-refractivity contribution in [3.8, 4) is 5.88 Å². The molecule has 9 heteroatoms. The molecule has 0 bridgehead atoms. The molecule has 0 spiro atoms. The van der Waals surface area contributed by atoms with Crippen molar-refractivity contribution in [3.05, 3.63) is 48.3 Å². The first-order chi connectivity index (χ1) is 15.4. The van der Waals surface area contributed by atoms with Crippen LogP contribution in [0, 0.1) is 0 Å². The first-order valence-corrected chi connectivity index (χ1v) is 10.6. The normalized spacial score (nSPS) is 16.2. The Morgan fingerprint density at radius 1 is 1.22 bits per heavy atom. The van der Waals surface area contributed by atoms with Gasteiger partial charge >= 0.3 is 6.03 Å². The van der Waals surface area contributed by atoms with Crippen LogP contribution in [0.5, 0.6) is 5.88 Å². The molecule has 1 saturated heterocycles. The number of likely N-dealkylation sites (N-methyl/N-ethyl adjacent to an activating group) is 1. The average molecular weight is 437 g/mol. The summed E-state index contributed by atoms with van der Waals surface area (Å²) < 4.78 is 5.08. The van der Waals surface area contributed by atoms with Crippen LogP contribution in [0.3, 0.4) is 0 Å². The quantitative estimate of drug-likeness (QED) is 0.569. The summed E-state index contributed by atoms with van der Waals surface area (Å²) >= 11 is 0. The standard InChI is InChI=1S/C23H28N6O3/c1-28(2)16-6-5-11-29(14-16)22(30)20-13-17-18(26-20)7-4-8-19(17)27-23(31)25-15-9-10-24-21(12-15)32-3/h4,7-10,12-13,16,26H,5-6,11,14H2,1-3H3,(H2,24,25,27,31). The minimum atomic E-state index is -0.398. The van der Waals surface area contributed by atoms with Gasteiger partial charge in [-0.05, 0) is 51.2 Å². The van der Waals surface area contributed by atoms with Crippen LogP contribution in [0.15, 0.2) is 42.6 Å². The zero-order valence-corrected chi connectivity index (χ0v) is 18.5. The lowest BCUT2D eigenvalue weighted by molar-refractivity contribution is 0.0630. The Hall–Kier alpha value is -3.59. The van der Waals surface area contributed by atoms with E-state index < -0.39 is 6.03 Å². The summed E-state index contributed by atoms with van der Waals surface area (Å²) in [4.78, 5) is 37.0. The molecule has 9 nitrogen and oxygen atoms in total. The predicted octanol–water partition coefficient (Wildman–Crippen LogP) is 3.38. The number of fused-ring (bicyclic) bond motifs is 1. The number of anilines is 2. The minimum absolute atomic E-state index is 0.0213. The van der Waals surface area contributed by atoms with Gasteiger partial charge in [-0.2, -0.15) is 0 Å². The van der Waals surface area contributed by atoms with Gasteiger partial charge in [0.1, 0.15) is 5.69 Å². The lowest BCUT2D eigenvalue weighted by atomic mass is 10.0. The van der Waals surface area contributed by atoms with E-state index in [9.17, 15) is 9.59 Å². The number of H-pyrrole nitrogens is 1. The highest BCUT2D eigenvalue weighted by Gasteiger charge is 2.26. The van der Waals surface area contributed by atoms with Crippen LogP contribution < -0.4 is 15.4 Å². The number of methoxy groups -OCH3 is 1. The molecular weight excluding hydrogens is 408 g/mol. The zero-order valence-electron chi connectivity index (χ0n) is 18.5. The number of piperidine rings is 1. The second-order valence-electron chi connectivity index (χ2n) is 8.13. The first-order valence-electron chi connectivity index (χ1n) is 10.6. The lowest BCUT2D eigenvalue weighted by Crippen LogP contribution is -2.47. The zero-order chi connectivity index (χ0) is 22.7. The molecule has 32 heavy (non-hydrogen) atoms. The summed E-state index contributed by atoms with van der Waals surface area (Å²) in [5.74, 6) is 0.389. The number of ether oxygens (including phenoxy) is 1. The molecule has 3 amide bonds. The van der Waals surface area contributed by atoms with Crippen molar-refractivity contribution in [1.82, 2.24) is 19.8 Å². The Labute approximate surface area is 186 Å². The number of aromatic nitrogens is 2. The van der Waals surface area contributed by atoms with E-state index in [0.29, 0.717) is 35.5 Å². The monoisotopic (exact) mass is 436 g/mol. The smallest absolute Gasteiger partial charge is 0.323 e. The third kappa shape index (κ3) is 4.67. The van der Waals surface area contributed by atoms with Crippen molar-refractivity contribution in [1.29, 1.82) is 0 Å². The number of likely N-dealkylation sites (tertiary alicyclic amines) is 1. The Morgan fingerprint density at radius 2 is 2.06 bits per heavy atom. The number of pyridine rings is 1. The molecule has 1 atom stereocenters. The largest absolute Gasteiger partial charge is 0.481 e. The maximum Gasteiger partial charge on any atom is 0.323 e. The Balaban J connectivity index is 1.50. The number of amides is 3. The summed E-state index contributed by atoms with van der Waals surface area (Å²) in [7, 11) is 5.61. The molecule has 0 radical (unpaired) electrons. The summed E-state index contributed by atoms with van der Waals surface area (Å²) in [6.45, 7) is 1.46. The second kappa shape index (κ2) is 9.27. The highest BCUT2D eigenvalue weighted by molar-refractivity contribution is 6.08. The highest BCUT2D eigenvalue weighted by atomic mass is 16.5. The van der Waals surface area contributed by atoms with Crippen LogP contribution in [-0.2, 0) is 0 Å². The number of nitrogens with zero attached hydrogens (tertiary/aromatic N) is 3. The number of urea groups is 1. The van der Waals surface area contributed by atoms with E-state index in [1.54, 1.807) is 24.4 Å². The molecule has 1 aromatic carbocycles. The Morgan fingerprint density at radius 3 is 2.84 bits per heavy atom. The van der Waals surface area contributed by atoms with Gasteiger partial charge in [-0.15, -0.1) is 0 Å². The fraction of sp³-hybridized carbons (Fsp3) is 0.348. The molecule has 4 rings (SSSR count). The molecule has 1 fully saturated rings. The van der Waals surface area contributed by atoms with Crippen LogP contribution in [0.25, 0.3) is 10.9 Å². The van der Waals surface area contributed by atoms with Crippen molar-refractivity contribution in [2.24, 2.45) is 0 Å². The van der Waals surface area contributed by atoms with E-state index in [1.807, 2.05) is 37.2 Å². The Kier molecular flexibility index (Phi) is 6.27. The van der Waals surface area contributed by atoms with Gasteiger partial charge in [0, 0.05) is 48.0 Å². The van der Waals surface area contributed by atoms with Crippen LogP contribution >= 0.6 is 0 Å². The number of carbonyl (C=O) groups is 2. The summed E-state index contributed by atoms with van der Waals surface area (Å²) in [5, 5.41) is 6.41. The fourth-order valence-corrected chi connectivity index (χ4v) is 3.99. The van der Waals surface area contributed by atoms with Crippen LogP contribution in [0.2, 0.25) is 0 Å². The molecule has 3 aromatic rings. The van der Waals surface area contributed by atoms with Gasteiger partial charge in [-0.3, -0.25) is 4.79 Å². The van der Waals surface area contributed by atoms with E-state index in [-0.39, 0.29) is 5.91 Å². The first kappa shape index (κ1) is 21.6. The third-order valence-corrected chi connectivity index (χ3v) is 5.76. The SMILES string of the molecule is COc1cc(NC(=O)Nc2cccc3[nH]c(C(=O)N4CCCC(N(C)C)C4)cc23)ccn1. The van der Waals surface area contributed by atoms with Gasteiger partial charge in [0.05, 0.1) is 12.8 Å². The van der Waals surface area contributed by atoms with E-state index in [0.717, 1.165) is 30.3 Å². The number of nitrogens with one attached hydrogen (secondary N) is 3. The molecule has 3 heterocycles. The minimum Gasteiger partial charge on any atom is -0.481 e. The number of benzene rings is 1. The van der Waals surface area contributed by atoms with Gasteiger partial charge in [-0.1, -0.05) is 6.07 Å². The van der Waals surface area contributed by atoms with Gasteiger partial charge in [0.2, 0.25) is 5.88 Å². The molecule has 0 aliphatic carbocycles. The highest BCUT2D eigenvalue weighted by Crippen LogP contribution is 2.26. The van der Waals surface area contributed by atoms with E-state index in [4.69, 9.17) is 4.74 Å². The maximum atomic E-state index is 13.1. The topological polar surface area (TPSA) is 103 Å². The second-order valence-corrected chi connectivity index (χ2v) is 8.13. The van der Waals surface area contributed by atoms with Crippen molar-refractivity contribution in [3.63, 3.8) is 0 Å². The maximum absolute atomic E-state index is 13.1. The number of carbonyl (C=O) groups excluding carboxylic acids is 2. The lowest BCUT2D eigenvalue weighted by Gasteiger charge is -2.35. The number of hydrogen-bond donors (Lipinski definition) is 3. The molecular formula is C23H28N6O3. The molecule has 0 saturated carbocycles. The van der Waals surface area contributed by atoms with Crippen molar-refractivity contribution >= 4 is 34.2 Å². The molecule has 3 N–H and O–H groups in total. The van der Waals surface area contributed by atoms with Gasteiger partial charge < -0.3 is 30.2 Å². The summed E-state index contributed by atoms with van der Waals surface area (Å²) in [6.07, 6.45) is 3.64. The molecule has 1 aliphatic rings. The van der Waals surface area contributed by atoms with E-state index in [2.05, 4.69) is 25.5 Å². The van der Waals surface area contributed by atoms with E-state index in [1.165, 1.54) is 7.11 Å². The van der Waals surface area contributed by atoms with Crippen molar-refractivity contribution < 1.29 is 14.3 Å². The number of hydrogen-bond acceptors (Lipinski definition) is 5. The van der Waals surface area contributed by atoms with Gasteiger partial charge in [0.15, 0.2) is 0 Å². The Bertz CT molecular complexity index is 1130. The van der Waals surface area contributed by atoms with E-state index >= 15 is 0 Å². The van der Waals surface area contributed by atoms with Gasteiger partial charge in [-0.25, -0.2) is 9.78 Å². The third-order valence-electron chi connectivity index (χ3n) is 5.76. The van der Waals surface area contributed by atoms with Crippen LogP contribution in [-0.4, -0.2) is 72.0 Å². The van der Waals surface area contributed by atoms with Crippen molar-refractivity contribution in [2.45, 2.75) is 18.9 Å². The van der Waals surface area contributed by atoms with Crippen molar-refractivity contribution in [2.75, 3.05) is 44.9 Å². The molecule has 1 aliphatic heterocycles. The summed E-state index contributed by atoms with van der Waals surface area (Å²) in [5.41, 5.74) is 2.49. The fourth-order valence-electron chi connectivity index (χ4n) is 3.99. The number of rotatable bonds is 5. The number of aromatic amines is 1. The molecule has 1 unspecified atom stereocenters. The average Bonchev–Trinajstić information content (AvgIpc) is 3.24. The predicted molar refractivity (Wildman–Crippen MR) is 124 cm³/mol. The van der Waals surface area contributed by atoms with Gasteiger partial charge in [0.25, 0.3) is 5.91 Å². The molecule has 2 aromatic heterocycles. The molecule has 168 valence electrons. The summed E-state index contributed by atoms with van der Waals surface area (Å²) in [6, 6.07) is 10.6. The van der Waals surface area contributed by atoms with Crippen LogP contribution in [0.4, 0.5) is 16.2 Å².